The molecule has 2 heterocycles. The normalized spacial score (nSPS) is 13.1. The molecule has 0 fully saturated rings. The lowest BCUT2D eigenvalue weighted by molar-refractivity contribution is -0.116. The molecular formula is C18H14ClN3O2S. The highest BCUT2D eigenvalue weighted by atomic mass is 35.5. The van der Waals surface area contributed by atoms with Crippen LogP contribution in [-0.2, 0) is 11.2 Å². The smallest absolute Gasteiger partial charge is 0.284 e. The van der Waals surface area contributed by atoms with Crippen LogP contribution < -0.4 is 10.2 Å². The number of alkyl halides is 1. The second-order valence-corrected chi connectivity index (χ2v) is 7.01. The Bertz CT molecular complexity index is 952. The number of halogens is 1. The molecule has 0 radical (unpaired) electrons. The van der Waals surface area contributed by atoms with Crippen molar-refractivity contribution in [1.29, 1.82) is 0 Å². The molecule has 1 aromatic heterocycles. The van der Waals surface area contributed by atoms with Crippen LogP contribution in [0.15, 0.2) is 42.5 Å². The topological polar surface area (TPSA) is 62.3 Å². The van der Waals surface area contributed by atoms with E-state index in [0.717, 1.165) is 27.9 Å². The van der Waals surface area contributed by atoms with Crippen molar-refractivity contribution < 1.29 is 9.59 Å². The maximum absolute atomic E-state index is 12.5. The minimum Gasteiger partial charge on any atom is -0.320 e. The minimum atomic E-state index is -0.229. The molecule has 0 aliphatic carbocycles. The molecule has 25 heavy (non-hydrogen) atoms. The van der Waals surface area contributed by atoms with Gasteiger partial charge in [0, 0.05) is 17.9 Å². The van der Waals surface area contributed by atoms with E-state index >= 15 is 0 Å². The van der Waals surface area contributed by atoms with Gasteiger partial charge >= 0.3 is 0 Å². The molecule has 4 rings (SSSR count). The Labute approximate surface area is 153 Å². The van der Waals surface area contributed by atoms with E-state index in [1.807, 2.05) is 36.4 Å². The van der Waals surface area contributed by atoms with E-state index in [1.54, 1.807) is 11.0 Å². The van der Waals surface area contributed by atoms with Gasteiger partial charge < -0.3 is 10.2 Å². The Balaban J connectivity index is 1.55. The predicted molar refractivity (Wildman–Crippen MR) is 101 cm³/mol. The van der Waals surface area contributed by atoms with Gasteiger partial charge in [0.15, 0.2) is 5.01 Å². The summed E-state index contributed by atoms with van der Waals surface area (Å²) < 4.78 is 0.983. The molecule has 0 saturated carbocycles. The van der Waals surface area contributed by atoms with Crippen LogP contribution in [0.4, 0.5) is 11.4 Å². The van der Waals surface area contributed by atoms with Gasteiger partial charge in [-0.2, -0.15) is 0 Å². The van der Waals surface area contributed by atoms with Crippen LogP contribution >= 0.6 is 22.9 Å². The Kier molecular flexibility index (Phi) is 4.15. The SMILES string of the molecule is O=C(Nc1ccc2c(c1)CCN2C(=O)CCl)c1nc2ccccc2s1. The van der Waals surface area contributed by atoms with E-state index in [-0.39, 0.29) is 17.7 Å². The summed E-state index contributed by atoms with van der Waals surface area (Å²) in [5, 5.41) is 3.32. The van der Waals surface area contributed by atoms with Crippen LogP contribution in [0.3, 0.4) is 0 Å². The fourth-order valence-corrected chi connectivity index (χ4v) is 3.97. The lowest BCUT2D eigenvalue weighted by Gasteiger charge is -2.16. The molecule has 2 amide bonds. The third-order valence-corrected chi connectivity index (χ3v) is 5.40. The lowest BCUT2D eigenvalue weighted by Crippen LogP contribution is -2.29. The predicted octanol–water partition coefficient (Wildman–Crippen LogP) is 3.68. The molecule has 0 bridgehead atoms. The zero-order valence-corrected chi connectivity index (χ0v) is 14.7. The number of carbonyl (C=O) groups excluding carboxylic acids is 2. The maximum atomic E-state index is 12.5. The van der Waals surface area contributed by atoms with Crippen molar-refractivity contribution in [3.05, 3.63) is 53.0 Å². The van der Waals surface area contributed by atoms with Crippen molar-refractivity contribution in [3.8, 4) is 0 Å². The molecule has 3 aromatic rings. The monoisotopic (exact) mass is 371 g/mol. The maximum Gasteiger partial charge on any atom is 0.284 e. The highest BCUT2D eigenvalue weighted by Gasteiger charge is 2.24. The number of hydrogen-bond acceptors (Lipinski definition) is 4. The van der Waals surface area contributed by atoms with Crippen molar-refractivity contribution in [2.24, 2.45) is 0 Å². The summed E-state index contributed by atoms with van der Waals surface area (Å²) in [6.07, 6.45) is 0.753. The number of benzene rings is 2. The van der Waals surface area contributed by atoms with Gasteiger partial charge in [0.2, 0.25) is 5.91 Å². The number of rotatable bonds is 3. The molecule has 1 aliphatic rings. The number of carbonyl (C=O) groups is 2. The van der Waals surface area contributed by atoms with Gasteiger partial charge in [-0.05, 0) is 42.3 Å². The highest BCUT2D eigenvalue weighted by Crippen LogP contribution is 2.31. The van der Waals surface area contributed by atoms with Crippen LogP contribution in [0.5, 0.6) is 0 Å². The average Bonchev–Trinajstić information content (AvgIpc) is 3.24. The van der Waals surface area contributed by atoms with Crippen molar-refractivity contribution in [2.75, 3.05) is 22.6 Å². The van der Waals surface area contributed by atoms with Crippen molar-refractivity contribution >= 4 is 56.3 Å². The van der Waals surface area contributed by atoms with Crippen molar-refractivity contribution in [1.82, 2.24) is 4.98 Å². The number of amides is 2. The summed E-state index contributed by atoms with van der Waals surface area (Å²) in [7, 11) is 0. The van der Waals surface area contributed by atoms with Gasteiger partial charge in [-0.15, -0.1) is 22.9 Å². The van der Waals surface area contributed by atoms with Crippen LogP contribution in [0.25, 0.3) is 10.2 Å². The fourth-order valence-electron chi connectivity index (χ4n) is 2.96. The molecule has 126 valence electrons. The summed E-state index contributed by atoms with van der Waals surface area (Å²) >= 11 is 7.01. The summed E-state index contributed by atoms with van der Waals surface area (Å²) in [6, 6.07) is 13.2. The first-order valence-electron chi connectivity index (χ1n) is 7.82. The average molecular weight is 372 g/mol. The van der Waals surface area contributed by atoms with Gasteiger partial charge in [-0.1, -0.05) is 12.1 Å². The van der Waals surface area contributed by atoms with E-state index < -0.39 is 0 Å². The number of nitrogens with zero attached hydrogens (tertiary/aromatic N) is 2. The number of fused-ring (bicyclic) bond motifs is 2. The molecule has 0 unspecified atom stereocenters. The molecule has 0 spiro atoms. The van der Waals surface area contributed by atoms with Crippen molar-refractivity contribution in [3.63, 3.8) is 0 Å². The zero-order chi connectivity index (χ0) is 17.4. The third-order valence-electron chi connectivity index (χ3n) is 4.14. The Hall–Kier alpha value is -2.44. The highest BCUT2D eigenvalue weighted by molar-refractivity contribution is 7.20. The van der Waals surface area contributed by atoms with E-state index in [4.69, 9.17) is 11.6 Å². The molecular weight excluding hydrogens is 358 g/mol. The van der Waals surface area contributed by atoms with E-state index in [1.165, 1.54) is 11.3 Å². The second-order valence-electron chi connectivity index (χ2n) is 5.71. The minimum absolute atomic E-state index is 0.0322. The van der Waals surface area contributed by atoms with Gasteiger partial charge in [-0.25, -0.2) is 4.98 Å². The Morgan fingerprint density at radius 2 is 2.08 bits per heavy atom. The quantitative estimate of drug-likeness (QED) is 0.714. The van der Waals surface area contributed by atoms with Crippen LogP contribution in [0.2, 0.25) is 0 Å². The van der Waals surface area contributed by atoms with E-state index in [9.17, 15) is 9.59 Å². The van der Waals surface area contributed by atoms with Gasteiger partial charge in [0.1, 0.15) is 5.88 Å². The molecule has 0 atom stereocenters. The number of nitrogens with one attached hydrogen (secondary N) is 1. The van der Waals surface area contributed by atoms with E-state index in [0.29, 0.717) is 17.2 Å². The van der Waals surface area contributed by atoms with Crippen LogP contribution in [0.1, 0.15) is 15.4 Å². The van der Waals surface area contributed by atoms with Crippen molar-refractivity contribution in [2.45, 2.75) is 6.42 Å². The largest absolute Gasteiger partial charge is 0.320 e. The molecule has 2 aromatic carbocycles. The first kappa shape index (κ1) is 16.1. The number of anilines is 2. The first-order chi connectivity index (χ1) is 12.2. The fraction of sp³-hybridized carbons (Fsp3) is 0.167. The standard InChI is InChI=1S/C18H14ClN3O2S/c19-10-16(23)22-8-7-11-9-12(5-6-14(11)22)20-17(24)18-21-13-3-1-2-4-15(13)25-18/h1-6,9H,7-8,10H2,(H,20,24). The molecule has 5 nitrogen and oxygen atoms in total. The Morgan fingerprint density at radius 3 is 2.88 bits per heavy atom. The van der Waals surface area contributed by atoms with Crippen LogP contribution in [-0.4, -0.2) is 29.2 Å². The first-order valence-corrected chi connectivity index (χ1v) is 9.17. The second kappa shape index (κ2) is 6.46. The molecule has 0 saturated heterocycles. The number of aromatic nitrogens is 1. The summed E-state index contributed by atoms with van der Waals surface area (Å²) in [5.74, 6) is -0.366. The van der Waals surface area contributed by atoms with Gasteiger partial charge in [-0.3, -0.25) is 9.59 Å². The van der Waals surface area contributed by atoms with Gasteiger partial charge in [0.05, 0.1) is 10.2 Å². The zero-order valence-electron chi connectivity index (χ0n) is 13.2. The molecule has 7 heteroatoms. The summed E-state index contributed by atoms with van der Waals surface area (Å²) in [6.45, 7) is 0.621. The lowest BCUT2D eigenvalue weighted by atomic mass is 10.1. The van der Waals surface area contributed by atoms with Crippen LogP contribution in [0, 0.1) is 0 Å². The number of hydrogen-bond donors (Lipinski definition) is 1. The summed E-state index contributed by atoms with van der Waals surface area (Å²) in [4.78, 5) is 30.3. The Morgan fingerprint density at radius 1 is 1.24 bits per heavy atom. The number of para-hydroxylation sites is 1. The van der Waals surface area contributed by atoms with E-state index in [2.05, 4.69) is 10.3 Å². The number of thiazole rings is 1. The summed E-state index contributed by atoms with van der Waals surface area (Å²) in [5.41, 5.74) is 3.41. The van der Waals surface area contributed by atoms with Gasteiger partial charge in [0.25, 0.3) is 5.91 Å². The molecule has 1 aliphatic heterocycles. The third kappa shape index (κ3) is 2.99. The molecule has 1 N–H and O–H groups in total.